The van der Waals surface area contributed by atoms with E-state index >= 15 is 0 Å². The summed E-state index contributed by atoms with van der Waals surface area (Å²) >= 11 is 1.94. The van der Waals surface area contributed by atoms with Gasteiger partial charge in [0.25, 0.3) is 0 Å². The summed E-state index contributed by atoms with van der Waals surface area (Å²) in [6, 6.07) is 0.404. The molecule has 108 valence electrons. The van der Waals surface area contributed by atoms with Crippen molar-refractivity contribution in [2.75, 3.05) is 33.1 Å². The summed E-state index contributed by atoms with van der Waals surface area (Å²) in [6.45, 7) is 6.93. The van der Waals surface area contributed by atoms with Crippen LogP contribution < -0.4 is 10.6 Å². The molecule has 0 saturated carbocycles. The Kier molecular flexibility index (Phi) is 9.41. The van der Waals surface area contributed by atoms with Crippen LogP contribution in [0.15, 0.2) is 4.99 Å². The quantitative estimate of drug-likeness (QED) is 0.441. The fourth-order valence-corrected chi connectivity index (χ4v) is 2.70. The van der Waals surface area contributed by atoms with Crippen LogP contribution in [-0.2, 0) is 4.74 Å². The van der Waals surface area contributed by atoms with Gasteiger partial charge < -0.3 is 15.4 Å². The van der Waals surface area contributed by atoms with Gasteiger partial charge in [0.15, 0.2) is 5.96 Å². The second-order valence-electron chi connectivity index (χ2n) is 4.72. The Labute approximate surface area is 132 Å². The van der Waals surface area contributed by atoms with Crippen molar-refractivity contribution in [1.29, 1.82) is 0 Å². The molecule has 0 aromatic heterocycles. The monoisotopic (exact) mass is 387 g/mol. The van der Waals surface area contributed by atoms with Gasteiger partial charge in [0.2, 0.25) is 0 Å². The maximum absolute atomic E-state index is 5.44. The zero-order valence-corrected chi connectivity index (χ0v) is 14.9. The first kappa shape index (κ1) is 18.3. The number of aliphatic imine (C=N–C) groups is 1. The number of hydrogen-bond acceptors (Lipinski definition) is 3. The molecule has 0 atom stereocenters. The molecule has 0 radical (unpaired) electrons. The number of ether oxygens (including phenoxy) is 1. The molecule has 1 fully saturated rings. The number of nitrogens with zero attached hydrogens (tertiary/aromatic N) is 1. The minimum absolute atomic E-state index is 0. The van der Waals surface area contributed by atoms with Gasteiger partial charge in [0.05, 0.1) is 0 Å². The summed E-state index contributed by atoms with van der Waals surface area (Å²) in [4.78, 5) is 4.23. The highest BCUT2D eigenvalue weighted by molar-refractivity contribution is 14.0. The zero-order chi connectivity index (χ0) is 12.7. The van der Waals surface area contributed by atoms with Gasteiger partial charge in [0, 0.05) is 37.6 Å². The summed E-state index contributed by atoms with van der Waals surface area (Å²) in [5.41, 5.74) is 0. The Balaban J connectivity index is 0.00000289. The first-order valence-electron chi connectivity index (χ1n) is 6.22. The highest BCUT2D eigenvalue weighted by Crippen LogP contribution is 2.32. The van der Waals surface area contributed by atoms with Crippen molar-refractivity contribution in [3.63, 3.8) is 0 Å². The van der Waals surface area contributed by atoms with Gasteiger partial charge in [-0.2, -0.15) is 11.8 Å². The lowest BCUT2D eigenvalue weighted by molar-refractivity contribution is 0.0782. The van der Waals surface area contributed by atoms with Crippen molar-refractivity contribution in [3.05, 3.63) is 0 Å². The Hall–Kier alpha value is 0.310. The van der Waals surface area contributed by atoms with E-state index in [0.29, 0.717) is 10.8 Å². The highest BCUT2D eigenvalue weighted by Gasteiger charge is 2.31. The number of halogens is 1. The molecule has 0 bridgehead atoms. The van der Waals surface area contributed by atoms with Crippen LogP contribution in [0, 0.1) is 0 Å². The van der Waals surface area contributed by atoms with Crippen LogP contribution >= 0.6 is 35.7 Å². The minimum Gasteiger partial charge on any atom is -0.381 e. The van der Waals surface area contributed by atoms with Crippen LogP contribution in [0.2, 0.25) is 0 Å². The van der Waals surface area contributed by atoms with Crippen LogP contribution in [-0.4, -0.2) is 49.8 Å². The molecular formula is C12H26IN3OS. The normalized spacial score (nSPS) is 19.3. The van der Waals surface area contributed by atoms with E-state index in [1.54, 1.807) is 0 Å². The summed E-state index contributed by atoms with van der Waals surface area (Å²) in [5.74, 6) is 0.889. The molecule has 0 spiro atoms. The first-order valence-corrected chi connectivity index (χ1v) is 7.44. The third kappa shape index (κ3) is 5.97. The van der Waals surface area contributed by atoms with E-state index in [0.717, 1.165) is 38.6 Å². The number of thioether (sulfide) groups is 1. The largest absolute Gasteiger partial charge is 0.381 e. The van der Waals surface area contributed by atoms with Gasteiger partial charge in [-0.15, -0.1) is 24.0 Å². The van der Waals surface area contributed by atoms with Gasteiger partial charge in [0.1, 0.15) is 0 Å². The standard InChI is InChI=1S/C12H25N3OS.HI/c1-10(2)15-11(13-3)14-9-12(17-4)5-7-16-8-6-12;/h10H,5-9H2,1-4H3,(H2,13,14,15);1H. The van der Waals surface area contributed by atoms with Gasteiger partial charge in [-0.25, -0.2) is 0 Å². The molecule has 0 unspecified atom stereocenters. The second kappa shape index (κ2) is 9.25. The Morgan fingerprint density at radius 1 is 1.39 bits per heavy atom. The van der Waals surface area contributed by atoms with E-state index in [9.17, 15) is 0 Å². The van der Waals surface area contributed by atoms with Crippen LogP contribution in [0.1, 0.15) is 26.7 Å². The lowest BCUT2D eigenvalue weighted by Gasteiger charge is -2.36. The maximum Gasteiger partial charge on any atom is 0.191 e. The Morgan fingerprint density at radius 2 is 2.00 bits per heavy atom. The van der Waals surface area contributed by atoms with E-state index < -0.39 is 0 Å². The average molecular weight is 387 g/mol. The summed E-state index contributed by atoms with van der Waals surface area (Å²) < 4.78 is 5.74. The molecule has 0 aromatic rings. The van der Waals surface area contributed by atoms with Crippen molar-refractivity contribution in [1.82, 2.24) is 10.6 Å². The number of nitrogens with one attached hydrogen (secondary N) is 2. The molecule has 18 heavy (non-hydrogen) atoms. The summed E-state index contributed by atoms with van der Waals surface area (Å²) in [6.07, 6.45) is 4.41. The maximum atomic E-state index is 5.44. The van der Waals surface area contributed by atoms with Crippen molar-refractivity contribution >= 4 is 41.7 Å². The molecule has 2 N–H and O–H groups in total. The third-order valence-corrected chi connectivity index (χ3v) is 4.48. The van der Waals surface area contributed by atoms with Crippen molar-refractivity contribution in [2.45, 2.75) is 37.5 Å². The lowest BCUT2D eigenvalue weighted by atomic mass is 9.99. The first-order chi connectivity index (χ1) is 8.12. The predicted octanol–water partition coefficient (Wildman–Crippen LogP) is 2.09. The second-order valence-corrected chi connectivity index (χ2v) is 6.00. The van der Waals surface area contributed by atoms with E-state index in [1.807, 2.05) is 18.8 Å². The average Bonchev–Trinajstić information content (AvgIpc) is 2.35. The number of rotatable bonds is 4. The Bertz CT molecular complexity index is 256. The van der Waals surface area contributed by atoms with Gasteiger partial charge in [-0.3, -0.25) is 4.99 Å². The van der Waals surface area contributed by atoms with Gasteiger partial charge in [-0.05, 0) is 32.9 Å². The fraction of sp³-hybridized carbons (Fsp3) is 0.917. The predicted molar refractivity (Wildman–Crippen MR) is 91.3 cm³/mol. The summed E-state index contributed by atoms with van der Waals surface area (Å²) in [5, 5.41) is 6.73. The van der Waals surface area contributed by atoms with Crippen LogP contribution in [0.3, 0.4) is 0 Å². The van der Waals surface area contributed by atoms with Gasteiger partial charge in [-0.1, -0.05) is 0 Å². The third-order valence-electron chi connectivity index (χ3n) is 3.06. The zero-order valence-electron chi connectivity index (χ0n) is 11.8. The van der Waals surface area contributed by atoms with Crippen molar-refractivity contribution < 1.29 is 4.74 Å². The molecule has 1 aliphatic heterocycles. The molecule has 6 heteroatoms. The smallest absolute Gasteiger partial charge is 0.191 e. The van der Waals surface area contributed by atoms with E-state index in [4.69, 9.17) is 4.74 Å². The SMILES string of the molecule is CN=C(NCC1(SC)CCOCC1)NC(C)C.I. The molecule has 0 aromatic carbocycles. The molecule has 1 heterocycles. The molecule has 1 rings (SSSR count). The van der Waals surface area contributed by atoms with Crippen LogP contribution in [0.5, 0.6) is 0 Å². The molecular weight excluding hydrogens is 361 g/mol. The van der Waals surface area contributed by atoms with E-state index in [2.05, 4.69) is 35.7 Å². The van der Waals surface area contributed by atoms with E-state index in [-0.39, 0.29) is 24.0 Å². The lowest BCUT2D eigenvalue weighted by Crippen LogP contribution is -2.49. The van der Waals surface area contributed by atoms with E-state index in [1.165, 1.54) is 0 Å². The topological polar surface area (TPSA) is 45.7 Å². The number of guanidine groups is 1. The van der Waals surface area contributed by atoms with Gasteiger partial charge >= 0.3 is 0 Å². The number of hydrogen-bond donors (Lipinski definition) is 2. The van der Waals surface area contributed by atoms with Crippen molar-refractivity contribution in [2.24, 2.45) is 4.99 Å². The highest BCUT2D eigenvalue weighted by atomic mass is 127. The molecule has 1 saturated heterocycles. The van der Waals surface area contributed by atoms with Crippen LogP contribution in [0.4, 0.5) is 0 Å². The molecule has 1 aliphatic rings. The van der Waals surface area contributed by atoms with Crippen molar-refractivity contribution in [3.8, 4) is 0 Å². The summed E-state index contributed by atoms with van der Waals surface area (Å²) in [7, 11) is 1.81. The minimum atomic E-state index is 0. The molecule has 0 aliphatic carbocycles. The molecule has 4 nitrogen and oxygen atoms in total. The fourth-order valence-electron chi connectivity index (χ4n) is 1.91. The van der Waals surface area contributed by atoms with Crippen LogP contribution in [0.25, 0.3) is 0 Å². The Morgan fingerprint density at radius 3 is 2.44 bits per heavy atom. The molecule has 0 amide bonds.